The van der Waals surface area contributed by atoms with Crippen LogP contribution in [0.4, 0.5) is 0 Å². The van der Waals surface area contributed by atoms with E-state index in [1.54, 1.807) is 0 Å². The minimum Gasteiger partial charge on any atom is -0.438 e. The van der Waals surface area contributed by atoms with Crippen molar-refractivity contribution < 1.29 is 14.3 Å². The summed E-state index contributed by atoms with van der Waals surface area (Å²) in [6.07, 6.45) is 12.3. The van der Waals surface area contributed by atoms with Crippen molar-refractivity contribution in [1.82, 2.24) is 0 Å². The molecule has 0 N–H and O–H groups in total. The molecule has 0 amide bonds. The molecular weight excluding hydrogens is 312 g/mol. The van der Waals surface area contributed by atoms with Gasteiger partial charge in [-0.2, -0.15) is 0 Å². The van der Waals surface area contributed by atoms with Gasteiger partial charge in [-0.25, -0.2) is 0 Å². The van der Waals surface area contributed by atoms with Crippen molar-refractivity contribution in [3.05, 3.63) is 12.2 Å². The first-order valence-corrected chi connectivity index (χ1v) is 10.4. The molecule has 5 rings (SSSR count). The molecule has 4 fully saturated rings. The molecule has 5 aliphatic carbocycles. The zero-order chi connectivity index (χ0) is 17.4. The number of rotatable bonds is 4. The number of carbonyl (C=O) groups is 1. The van der Waals surface area contributed by atoms with Gasteiger partial charge in [0.25, 0.3) is 0 Å². The number of allylic oxidation sites excluding steroid dienone is 2. The molecule has 8 unspecified atom stereocenters. The van der Waals surface area contributed by atoms with Gasteiger partial charge in [0.2, 0.25) is 0 Å². The van der Waals surface area contributed by atoms with Gasteiger partial charge in [0.05, 0.1) is 11.5 Å². The molecule has 25 heavy (non-hydrogen) atoms. The summed E-state index contributed by atoms with van der Waals surface area (Å²) in [5, 5.41) is 0. The van der Waals surface area contributed by atoms with Gasteiger partial charge in [-0.15, -0.1) is 0 Å². The van der Waals surface area contributed by atoms with Crippen LogP contribution in [0.1, 0.15) is 59.3 Å². The number of fused-ring (bicyclic) bond motifs is 7. The summed E-state index contributed by atoms with van der Waals surface area (Å²) < 4.78 is 11.9. The highest BCUT2D eigenvalue weighted by Crippen LogP contribution is 2.66. The van der Waals surface area contributed by atoms with Crippen LogP contribution in [0.3, 0.4) is 0 Å². The van der Waals surface area contributed by atoms with Gasteiger partial charge in [-0.3, -0.25) is 4.79 Å². The molecule has 0 aromatic rings. The highest BCUT2D eigenvalue weighted by Gasteiger charge is 2.63. The molecular formula is C22H32O3. The van der Waals surface area contributed by atoms with Gasteiger partial charge in [0, 0.05) is 0 Å². The van der Waals surface area contributed by atoms with Crippen LogP contribution in [-0.4, -0.2) is 18.9 Å². The predicted molar refractivity (Wildman–Crippen MR) is 95.5 cm³/mol. The highest BCUT2D eigenvalue weighted by atomic mass is 16.7. The quantitative estimate of drug-likeness (QED) is 0.426. The standard InChI is InChI=1S/C22H32O3/c1-21(2)18-10-17(15-5-4-6-16(15)18)19(21)24-12-25-20(23)22(3)11-13-7-8-14(22)9-13/h7-8,13-19H,4-6,9-12H2,1-3H3. The number of carbonyl (C=O) groups excluding carboxylic acids is 1. The first-order valence-electron chi connectivity index (χ1n) is 10.4. The molecule has 4 saturated carbocycles. The van der Waals surface area contributed by atoms with Gasteiger partial charge in [-0.1, -0.05) is 32.4 Å². The molecule has 3 heteroatoms. The van der Waals surface area contributed by atoms with Gasteiger partial charge >= 0.3 is 5.97 Å². The van der Waals surface area contributed by atoms with Crippen molar-refractivity contribution in [2.75, 3.05) is 6.79 Å². The molecule has 0 aromatic carbocycles. The van der Waals surface area contributed by atoms with Crippen LogP contribution in [0, 0.1) is 46.3 Å². The lowest BCUT2D eigenvalue weighted by Crippen LogP contribution is -2.44. The van der Waals surface area contributed by atoms with Crippen LogP contribution in [0.25, 0.3) is 0 Å². The van der Waals surface area contributed by atoms with Gasteiger partial charge < -0.3 is 9.47 Å². The summed E-state index contributed by atoms with van der Waals surface area (Å²) in [7, 11) is 0. The van der Waals surface area contributed by atoms with Crippen molar-refractivity contribution in [2.24, 2.45) is 46.3 Å². The number of hydrogen-bond donors (Lipinski definition) is 0. The van der Waals surface area contributed by atoms with E-state index in [4.69, 9.17) is 9.47 Å². The van der Waals surface area contributed by atoms with E-state index in [-0.39, 0.29) is 29.7 Å². The number of hydrogen-bond acceptors (Lipinski definition) is 3. The fraction of sp³-hybridized carbons (Fsp3) is 0.864. The topological polar surface area (TPSA) is 35.5 Å². The van der Waals surface area contributed by atoms with Crippen LogP contribution in [0.2, 0.25) is 0 Å². The lowest BCUT2D eigenvalue weighted by molar-refractivity contribution is -0.186. The zero-order valence-electron chi connectivity index (χ0n) is 15.9. The molecule has 3 nitrogen and oxygen atoms in total. The third-order valence-corrected chi connectivity index (χ3v) is 8.88. The zero-order valence-corrected chi connectivity index (χ0v) is 15.9. The predicted octanol–water partition coefficient (Wildman–Crippen LogP) is 4.57. The molecule has 8 atom stereocenters. The first kappa shape index (κ1) is 16.4. The Morgan fingerprint density at radius 1 is 1.08 bits per heavy atom. The van der Waals surface area contributed by atoms with Crippen LogP contribution in [0.5, 0.6) is 0 Å². The Morgan fingerprint density at radius 3 is 2.60 bits per heavy atom. The van der Waals surface area contributed by atoms with E-state index in [2.05, 4.69) is 32.9 Å². The van der Waals surface area contributed by atoms with Crippen LogP contribution in [-0.2, 0) is 14.3 Å². The number of esters is 1. The summed E-state index contributed by atoms with van der Waals surface area (Å²) in [6.45, 7) is 6.97. The van der Waals surface area contributed by atoms with Crippen molar-refractivity contribution in [1.29, 1.82) is 0 Å². The van der Waals surface area contributed by atoms with Crippen molar-refractivity contribution in [3.8, 4) is 0 Å². The van der Waals surface area contributed by atoms with E-state index in [1.807, 2.05) is 0 Å². The summed E-state index contributed by atoms with van der Waals surface area (Å²) >= 11 is 0. The minimum absolute atomic E-state index is 0.0518. The second-order valence-corrected chi connectivity index (χ2v) is 10.3. The third-order valence-electron chi connectivity index (χ3n) is 8.88. The smallest absolute Gasteiger partial charge is 0.314 e. The Morgan fingerprint density at radius 2 is 1.88 bits per heavy atom. The monoisotopic (exact) mass is 344 g/mol. The first-order chi connectivity index (χ1) is 11.9. The Hall–Kier alpha value is -0.830. The van der Waals surface area contributed by atoms with Crippen LogP contribution >= 0.6 is 0 Å². The Bertz CT molecular complexity index is 608. The number of ether oxygens (including phenoxy) is 2. The van der Waals surface area contributed by atoms with Gasteiger partial charge in [0.1, 0.15) is 0 Å². The summed E-state index contributed by atoms with van der Waals surface area (Å²) in [4.78, 5) is 12.7. The second-order valence-electron chi connectivity index (χ2n) is 10.3. The SMILES string of the molecule is CC1(C(=O)OCOC2C3CC(C4CCCC43)C2(C)C)CC2C=CC1C2. The maximum absolute atomic E-state index is 12.7. The average molecular weight is 344 g/mol. The lowest BCUT2D eigenvalue weighted by Gasteiger charge is -2.43. The normalized spacial score (nSPS) is 51.2. The molecule has 0 spiro atoms. The van der Waals surface area contributed by atoms with Gasteiger partial charge in [0.15, 0.2) is 6.79 Å². The van der Waals surface area contributed by atoms with E-state index in [9.17, 15) is 4.79 Å². The Kier molecular flexibility index (Phi) is 3.49. The van der Waals surface area contributed by atoms with E-state index >= 15 is 0 Å². The molecule has 0 radical (unpaired) electrons. The van der Waals surface area contributed by atoms with Gasteiger partial charge in [-0.05, 0) is 80.0 Å². The molecule has 138 valence electrons. The van der Waals surface area contributed by atoms with Crippen molar-refractivity contribution in [2.45, 2.75) is 65.4 Å². The maximum atomic E-state index is 12.7. The van der Waals surface area contributed by atoms with E-state index in [1.165, 1.54) is 25.7 Å². The largest absolute Gasteiger partial charge is 0.438 e. The maximum Gasteiger partial charge on any atom is 0.314 e. The second kappa shape index (κ2) is 5.34. The molecule has 4 bridgehead atoms. The van der Waals surface area contributed by atoms with Crippen LogP contribution < -0.4 is 0 Å². The summed E-state index contributed by atoms with van der Waals surface area (Å²) in [5.41, 5.74) is -0.106. The van der Waals surface area contributed by atoms with Crippen molar-refractivity contribution in [3.63, 3.8) is 0 Å². The van der Waals surface area contributed by atoms with E-state index < -0.39 is 0 Å². The fourth-order valence-corrected chi connectivity index (χ4v) is 7.65. The fourth-order valence-electron chi connectivity index (χ4n) is 7.65. The summed E-state index contributed by atoms with van der Waals surface area (Å²) in [5.74, 6) is 4.18. The minimum atomic E-state index is -0.330. The van der Waals surface area contributed by atoms with E-state index in [0.29, 0.717) is 17.8 Å². The molecule has 0 aliphatic heterocycles. The lowest BCUT2D eigenvalue weighted by atomic mass is 9.66. The molecule has 0 saturated heterocycles. The molecule has 5 aliphatic rings. The Balaban J connectivity index is 1.21. The molecule has 0 heterocycles. The van der Waals surface area contributed by atoms with Crippen LogP contribution in [0.15, 0.2) is 12.2 Å². The third kappa shape index (κ3) is 2.17. The van der Waals surface area contributed by atoms with Crippen molar-refractivity contribution >= 4 is 5.97 Å². The Labute approximate surface area is 151 Å². The highest BCUT2D eigenvalue weighted by molar-refractivity contribution is 5.78. The molecule has 0 aromatic heterocycles. The summed E-state index contributed by atoms with van der Waals surface area (Å²) in [6, 6.07) is 0. The average Bonchev–Trinajstić information content (AvgIpc) is 3.31. The van der Waals surface area contributed by atoms with E-state index in [0.717, 1.165) is 30.6 Å².